The van der Waals surface area contributed by atoms with Gasteiger partial charge in [0.05, 0.1) is 25.1 Å². The van der Waals surface area contributed by atoms with Gasteiger partial charge in [-0.2, -0.15) is 5.10 Å². The number of hydrogen-bond acceptors (Lipinski definition) is 3. The molecule has 1 amide bonds. The van der Waals surface area contributed by atoms with Crippen LogP contribution >= 0.6 is 11.6 Å². The molecule has 1 heterocycles. The van der Waals surface area contributed by atoms with Crippen LogP contribution < -0.4 is 0 Å². The average molecular weight is 267 g/mol. The highest BCUT2D eigenvalue weighted by Gasteiger charge is 2.24. The predicted molar refractivity (Wildman–Crippen MR) is 66.3 cm³/mol. The molecule has 0 atom stereocenters. The molecule has 0 fully saturated rings. The fourth-order valence-corrected chi connectivity index (χ4v) is 1.81. The molecular weight excluding hydrogens is 256 g/mol. The number of hydrogen-bond donors (Lipinski definition) is 1. The van der Waals surface area contributed by atoms with Crippen LogP contribution in [-0.2, 0) is 16.1 Å². The molecule has 6 heteroatoms. The average Bonchev–Trinajstić information content (AvgIpc) is 2.61. The minimum absolute atomic E-state index is 0.0832. The lowest BCUT2D eigenvalue weighted by Crippen LogP contribution is -2.19. The summed E-state index contributed by atoms with van der Waals surface area (Å²) in [5, 5.41) is 14.6. The van der Waals surface area contributed by atoms with Crippen LogP contribution in [0.3, 0.4) is 0 Å². The van der Waals surface area contributed by atoms with Crippen molar-refractivity contribution in [3.05, 3.63) is 34.9 Å². The topological polar surface area (TPSA) is 70.0 Å². The molecular formula is C12H11ClN2O3. The number of carbonyl (C=O) groups excluding carboxylic acids is 1. The molecule has 0 saturated heterocycles. The van der Waals surface area contributed by atoms with Crippen LogP contribution in [-0.4, -0.2) is 27.7 Å². The van der Waals surface area contributed by atoms with Gasteiger partial charge in [0.15, 0.2) is 0 Å². The lowest BCUT2D eigenvalue weighted by atomic mass is 10.2. The Balaban J connectivity index is 2.05. The molecule has 1 aliphatic heterocycles. The first kappa shape index (κ1) is 12.6. The molecule has 0 radical (unpaired) electrons. The molecule has 1 aliphatic rings. The van der Waals surface area contributed by atoms with Crippen molar-refractivity contribution in [2.24, 2.45) is 5.10 Å². The quantitative estimate of drug-likeness (QED) is 0.905. The highest BCUT2D eigenvalue weighted by molar-refractivity contribution is 6.30. The first-order chi connectivity index (χ1) is 8.54. The van der Waals surface area contributed by atoms with Gasteiger partial charge in [-0.15, -0.1) is 0 Å². The van der Waals surface area contributed by atoms with Crippen LogP contribution in [0.5, 0.6) is 0 Å². The summed E-state index contributed by atoms with van der Waals surface area (Å²) in [4.78, 5) is 22.2. The van der Waals surface area contributed by atoms with Crippen molar-refractivity contribution in [3.8, 4) is 0 Å². The molecule has 0 aromatic heterocycles. The van der Waals surface area contributed by atoms with E-state index in [-0.39, 0.29) is 18.7 Å². The third kappa shape index (κ3) is 3.07. The van der Waals surface area contributed by atoms with Crippen molar-refractivity contribution < 1.29 is 14.7 Å². The van der Waals surface area contributed by atoms with Crippen molar-refractivity contribution in [1.82, 2.24) is 5.01 Å². The zero-order valence-corrected chi connectivity index (χ0v) is 10.2. The van der Waals surface area contributed by atoms with Crippen molar-refractivity contribution in [2.45, 2.75) is 19.4 Å². The van der Waals surface area contributed by atoms with Crippen molar-refractivity contribution in [3.63, 3.8) is 0 Å². The molecule has 0 spiro atoms. The Morgan fingerprint density at radius 1 is 1.39 bits per heavy atom. The van der Waals surface area contributed by atoms with E-state index in [9.17, 15) is 9.59 Å². The predicted octanol–water partition coefficient (Wildman–Crippen LogP) is 1.90. The van der Waals surface area contributed by atoms with Crippen molar-refractivity contribution in [1.29, 1.82) is 0 Å². The fourth-order valence-electron chi connectivity index (χ4n) is 1.69. The van der Waals surface area contributed by atoms with E-state index in [1.807, 2.05) is 0 Å². The zero-order valence-electron chi connectivity index (χ0n) is 9.47. The Morgan fingerprint density at radius 2 is 2.06 bits per heavy atom. The first-order valence-electron chi connectivity index (χ1n) is 5.37. The SMILES string of the molecule is O=C(O)CC1=NN(Cc2ccc(Cl)cc2)C(=O)C1. The van der Waals surface area contributed by atoms with E-state index in [4.69, 9.17) is 16.7 Å². The van der Waals surface area contributed by atoms with Crippen LogP contribution in [0, 0.1) is 0 Å². The summed E-state index contributed by atoms with van der Waals surface area (Å²) in [5.74, 6) is -1.16. The van der Waals surface area contributed by atoms with Gasteiger partial charge in [0.25, 0.3) is 0 Å². The van der Waals surface area contributed by atoms with Gasteiger partial charge in [0.1, 0.15) is 0 Å². The highest BCUT2D eigenvalue weighted by Crippen LogP contribution is 2.16. The van der Waals surface area contributed by atoms with Crippen LogP contribution in [0.4, 0.5) is 0 Å². The maximum Gasteiger partial charge on any atom is 0.309 e. The second-order valence-electron chi connectivity index (χ2n) is 3.99. The Morgan fingerprint density at radius 3 is 2.67 bits per heavy atom. The van der Waals surface area contributed by atoms with E-state index < -0.39 is 5.97 Å². The summed E-state index contributed by atoms with van der Waals surface area (Å²) in [5.41, 5.74) is 1.29. The van der Waals surface area contributed by atoms with E-state index in [2.05, 4.69) is 5.10 Å². The van der Waals surface area contributed by atoms with Crippen LogP contribution in [0.1, 0.15) is 18.4 Å². The Labute approximate surface area is 109 Å². The molecule has 1 N–H and O–H groups in total. The number of benzene rings is 1. The molecule has 0 bridgehead atoms. The molecule has 94 valence electrons. The van der Waals surface area contributed by atoms with Gasteiger partial charge in [-0.1, -0.05) is 23.7 Å². The van der Waals surface area contributed by atoms with E-state index in [1.54, 1.807) is 24.3 Å². The highest BCUT2D eigenvalue weighted by atomic mass is 35.5. The maximum atomic E-state index is 11.6. The maximum absolute atomic E-state index is 11.6. The lowest BCUT2D eigenvalue weighted by molar-refractivity contribution is -0.135. The van der Waals surface area contributed by atoms with Crippen LogP contribution in [0.2, 0.25) is 5.02 Å². The molecule has 0 saturated carbocycles. The first-order valence-corrected chi connectivity index (χ1v) is 5.75. The number of aliphatic carboxylic acids is 1. The summed E-state index contributed by atoms with van der Waals surface area (Å²) in [6, 6.07) is 7.08. The minimum Gasteiger partial charge on any atom is -0.481 e. The standard InChI is InChI=1S/C12H11ClN2O3/c13-9-3-1-8(2-4-9)7-15-11(16)5-10(14-15)6-12(17)18/h1-4H,5-7H2,(H,17,18). The minimum atomic E-state index is -0.977. The van der Waals surface area contributed by atoms with Gasteiger partial charge in [0.2, 0.25) is 5.91 Å². The van der Waals surface area contributed by atoms with Gasteiger partial charge in [0, 0.05) is 5.02 Å². The molecule has 5 nitrogen and oxygen atoms in total. The molecule has 2 rings (SSSR count). The number of amides is 1. The van der Waals surface area contributed by atoms with E-state index in [0.29, 0.717) is 17.3 Å². The second kappa shape index (κ2) is 5.18. The van der Waals surface area contributed by atoms with E-state index in [0.717, 1.165) is 5.56 Å². The number of nitrogens with zero attached hydrogens (tertiary/aromatic N) is 2. The summed E-state index contributed by atoms with van der Waals surface area (Å²) < 4.78 is 0. The number of rotatable bonds is 4. The lowest BCUT2D eigenvalue weighted by Gasteiger charge is -2.11. The van der Waals surface area contributed by atoms with Gasteiger partial charge < -0.3 is 5.11 Å². The van der Waals surface area contributed by atoms with Crippen LogP contribution in [0.15, 0.2) is 29.4 Å². The summed E-state index contributed by atoms with van der Waals surface area (Å²) in [7, 11) is 0. The Kier molecular flexibility index (Phi) is 3.62. The normalized spacial score (nSPS) is 14.8. The molecule has 1 aromatic rings. The monoisotopic (exact) mass is 266 g/mol. The van der Waals surface area contributed by atoms with Crippen molar-refractivity contribution >= 4 is 29.2 Å². The van der Waals surface area contributed by atoms with E-state index >= 15 is 0 Å². The second-order valence-corrected chi connectivity index (χ2v) is 4.43. The third-order valence-corrected chi connectivity index (χ3v) is 2.76. The van der Waals surface area contributed by atoms with Crippen LogP contribution in [0.25, 0.3) is 0 Å². The van der Waals surface area contributed by atoms with Gasteiger partial charge in [-0.25, -0.2) is 5.01 Å². The summed E-state index contributed by atoms with van der Waals surface area (Å²) in [6.45, 7) is 0.332. The molecule has 18 heavy (non-hydrogen) atoms. The largest absolute Gasteiger partial charge is 0.481 e. The van der Waals surface area contributed by atoms with Gasteiger partial charge in [-0.3, -0.25) is 9.59 Å². The smallest absolute Gasteiger partial charge is 0.309 e. The van der Waals surface area contributed by atoms with Gasteiger partial charge in [-0.05, 0) is 17.7 Å². The summed E-state index contributed by atoms with van der Waals surface area (Å²) >= 11 is 5.76. The number of carbonyl (C=O) groups is 2. The zero-order chi connectivity index (χ0) is 13.1. The van der Waals surface area contributed by atoms with Gasteiger partial charge >= 0.3 is 5.97 Å². The summed E-state index contributed by atoms with van der Waals surface area (Å²) in [6.07, 6.45) is -0.108. The third-order valence-electron chi connectivity index (χ3n) is 2.51. The molecule has 0 aliphatic carbocycles. The Bertz CT molecular complexity index is 511. The molecule has 1 aromatic carbocycles. The Hall–Kier alpha value is -1.88. The number of halogens is 1. The van der Waals surface area contributed by atoms with E-state index in [1.165, 1.54) is 5.01 Å². The number of hydrazone groups is 1. The fraction of sp³-hybridized carbons (Fsp3) is 0.250. The number of carboxylic acid groups (broad SMARTS) is 1. The molecule has 0 unspecified atom stereocenters. The number of carboxylic acids is 1. The van der Waals surface area contributed by atoms with Crippen molar-refractivity contribution in [2.75, 3.05) is 0 Å².